The summed E-state index contributed by atoms with van der Waals surface area (Å²) < 4.78 is 8.45. The molecular weight excluding hydrogens is 446 g/mol. The van der Waals surface area contributed by atoms with Gasteiger partial charge in [0.2, 0.25) is 5.91 Å². The highest BCUT2D eigenvalue weighted by molar-refractivity contribution is 5.96. The molecule has 0 spiro atoms. The van der Waals surface area contributed by atoms with Gasteiger partial charge in [0.25, 0.3) is 0 Å². The van der Waals surface area contributed by atoms with Crippen LogP contribution in [0.1, 0.15) is 54.6 Å². The first-order valence-corrected chi connectivity index (χ1v) is 13.1. The fraction of sp³-hybridized carbons (Fsp3) is 0.355. The maximum Gasteiger partial charge on any atom is 0.227 e. The number of aromatic nitrogens is 2. The van der Waals surface area contributed by atoms with E-state index in [1.54, 1.807) is 0 Å². The van der Waals surface area contributed by atoms with Gasteiger partial charge in [-0.15, -0.1) is 0 Å². The molecular formula is C31H35N3O2. The first-order valence-electron chi connectivity index (χ1n) is 13.1. The highest BCUT2D eigenvalue weighted by Gasteiger charge is 2.34. The number of carbonyl (C=O) groups excluding carboxylic acids is 1. The van der Waals surface area contributed by atoms with E-state index >= 15 is 0 Å². The standard InChI is InChI=1S/C31H35N3O2/c1-4-24-14-16-26(17-15-24)34-21-25(20-29(34)35)31-32-27-12-5-6-13-28(27)33(31)18-7-8-19-36-30-22(2)10-9-11-23(30)3/h5-6,9-17,25H,4,7-8,18-21H2,1-3H3. The van der Waals surface area contributed by atoms with Crippen molar-refractivity contribution >= 4 is 22.6 Å². The van der Waals surface area contributed by atoms with Crippen LogP contribution in [0.2, 0.25) is 0 Å². The van der Waals surface area contributed by atoms with Crippen molar-refractivity contribution in [2.45, 2.75) is 58.9 Å². The molecule has 1 fully saturated rings. The zero-order valence-corrected chi connectivity index (χ0v) is 21.5. The molecule has 2 heterocycles. The van der Waals surface area contributed by atoms with Gasteiger partial charge in [0.05, 0.1) is 17.6 Å². The molecule has 1 aliphatic heterocycles. The topological polar surface area (TPSA) is 47.4 Å². The summed E-state index contributed by atoms with van der Waals surface area (Å²) in [4.78, 5) is 19.9. The fourth-order valence-electron chi connectivity index (χ4n) is 5.26. The lowest BCUT2D eigenvalue weighted by Crippen LogP contribution is -2.24. The summed E-state index contributed by atoms with van der Waals surface area (Å²) in [7, 11) is 0. The molecule has 186 valence electrons. The van der Waals surface area contributed by atoms with Crippen LogP contribution in [0.15, 0.2) is 66.7 Å². The fourth-order valence-corrected chi connectivity index (χ4v) is 5.26. The molecule has 5 rings (SSSR count). The second-order valence-electron chi connectivity index (χ2n) is 9.81. The largest absolute Gasteiger partial charge is 0.493 e. The Bertz CT molecular complexity index is 1340. The number of aryl methyl sites for hydroxylation is 4. The number of carbonyl (C=O) groups is 1. The van der Waals surface area contributed by atoms with Crippen molar-refractivity contribution in [3.8, 4) is 5.75 Å². The summed E-state index contributed by atoms with van der Waals surface area (Å²) in [5.74, 6) is 2.28. The third kappa shape index (κ3) is 4.88. The summed E-state index contributed by atoms with van der Waals surface area (Å²) >= 11 is 0. The Balaban J connectivity index is 1.29. The van der Waals surface area contributed by atoms with E-state index in [1.807, 2.05) is 11.0 Å². The van der Waals surface area contributed by atoms with Crippen LogP contribution in [-0.2, 0) is 17.8 Å². The molecule has 5 heteroatoms. The Hall–Kier alpha value is -3.60. The number of amides is 1. The average molecular weight is 482 g/mol. The number of rotatable bonds is 9. The second-order valence-corrected chi connectivity index (χ2v) is 9.81. The van der Waals surface area contributed by atoms with Gasteiger partial charge in [-0.25, -0.2) is 4.98 Å². The van der Waals surface area contributed by atoms with Crippen LogP contribution in [-0.4, -0.2) is 28.6 Å². The molecule has 1 saturated heterocycles. The minimum atomic E-state index is 0.0848. The number of hydrogen-bond donors (Lipinski definition) is 0. The molecule has 0 radical (unpaired) electrons. The van der Waals surface area contributed by atoms with Gasteiger partial charge < -0.3 is 14.2 Å². The molecule has 5 nitrogen and oxygen atoms in total. The Labute approximate surface area is 213 Å². The van der Waals surface area contributed by atoms with Gasteiger partial charge >= 0.3 is 0 Å². The van der Waals surface area contributed by atoms with Crippen LogP contribution < -0.4 is 9.64 Å². The highest BCUT2D eigenvalue weighted by atomic mass is 16.5. The van der Waals surface area contributed by atoms with Gasteiger partial charge in [0.1, 0.15) is 11.6 Å². The van der Waals surface area contributed by atoms with E-state index in [-0.39, 0.29) is 11.8 Å². The van der Waals surface area contributed by atoms with Crippen LogP contribution >= 0.6 is 0 Å². The lowest BCUT2D eigenvalue weighted by Gasteiger charge is -2.18. The maximum atomic E-state index is 13.0. The van der Waals surface area contributed by atoms with E-state index in [4.69, 9.17) is 9.72 Å². The third-order valence-electron chi connectivity index (χ3n) is 7.26. The number of benzene rings is 3. The lowest BCUT2D eigenvalue weighted by molar-refractivity contribution is -0.117. The molecule has 1 amide bonds. The van der Waals surface area contributed by atoms with E-state index in [0.717, 1.165) is 54.1 Å². The molecule has 1 atom stereocenters. The number of para-hydroxylation sites is 3. The van der Waals surface area contributed by atoms with E-state index < -0.39 is 0 Å². The Morgan fingerprint density at radius 1 is 0.944 bits per heavy atom. The summed E-state index contributed by atoms with van der Waals surface area (Å²) in [6.07, 6.45) is 3.44. The third-order valence-corrected chi connectivity index (χ3v) is 7.26. The van der Waals surface area contributed by atoms with Crippen molar-refractivity contribution in [3.05, 3.63) is 89.2 Å². The monoisotopic (exact) mass is 481 g/mol. The number of nitrogens with zero attached hydrogens (tertiary/aromatic N) is 3. The summed E-state index contributed by atoms with van der Waals surface area (Å²) in [5.41, 5.74) is 6.76. The van der Waals surface area contributed by atoms with E-state index in [1.165, 1.54) is 16.7 Å². The number of fused-ring (bicyclic) bond motifs is 1. The van der Waals surface area contributed by atoms with Crippen molar-refractivity contribution in [2.24, 2.45) is 0 Å². The second kappa shape index (κ2) is 10.6. The minimum absolute atomic E-state index is 0.0848. The number of anilines is 1. The van der Waals surface area contributed by atoms with Gasteiger partial charge in [0, 0.05) is 31.1 Å². The van der Waals surface area contributed by atoms with Crippen LogP contribution in [0.25, 0.3) is 11.0 Å². The van der Waals surface area contributed by atoms with Crippen LogP contribution in [0.3, 0.4) is 0 Å². The predicted octanol–water partition coefficient (Wildman–Crippen LogP) is 6.60. The summed E-state index contributed by atoms with van der Waals surface area (Å²) in [6, 6.07) is 22.9. The number of hydrogen-bond acceptors (Lipinski definition) is 3. The Morgan fingerprint density at radius 3 is 2.44 bits per heavy atom. The molecule has 4 aromatic rings. The normalized spacial score (nSPS) is 15.7. The van der Waals surface area contributed by atoms with E-state index in [9.17, 15) is 4.79 Å². The molecule has 0 N–H and O–H groups in total. The quantitative estimate of drug-likeness (QED) is 0.253. The van der Waals surface area contributed by atoms with Gasteiger partial charge in [0.15, 0.2) is 0 Å². The van der Waals surface area contributed by atoms with Gasteiger partial charge in [-0.05, 0) is 74.1 Å². The summed E-state index contributed by atoms with van der Waals surface area (Å²) in [6.45, 7) is 8.56. The molecule has 3 aromatic carbocycles. The molecule has 36 heavy (non-hydrogen) atoms. The minimum Gasteiger partial charge on any atom is -0.493 e. The van der Waals surface area contributed by atoms with E-state index in [0.29, 0.717) is 19.6 Å². The molecule has 1 aromatic heterocycles. The van der Waals surface area contributed by atoms with Crippen LogP contribution in [0, 0.1) is 13.8 Å². The van der Waals surface area contributed by atoms with Crippen molar-refractivity contribution in [2.75, 3.05) is 18.1 Å². The molecule has 1 aliphatic rings. The maximum absolute atomic E-state index is 13.0. The van der Waals surface area contributed by atoms with Crippen molar-refractivity contribution in [3.63, 3.8) is 0 Å². The van der Waals surface area contributed by atoms with E-state index in [2.05, 4.69) is 86.0 Å². The van der Waals surface area contributed by atoms with Crippen LogP contribution in [0.5, 0.6) is 5.75 Å². The number of ether oxygens (including phenoxy) is 1. The smallest absolute Gasteiger partial charge is 0.227 e. The van der Waals surface area contributed by atoms with Crippen molar-refractivity contribution in [1.29, 1.82) is 0 Å². The number of imidazole rings is 1. The zero-order valence-electron chi connectivity index (χ0n) is 21.5. The SMILES string of the molecule is CCc1ccc(N2CC(c3nc4ccccc4n3CCCCOc3c(C)cccc3C)CC2=O)cc1. The van der Waals surface area contributed by atoms with Gasteiger partial charge in [-0.1, -0.05) is 49.4 Å². The Kier molecular flexibility index (Phi) is 7.08. The van der Waals surface area contributed by atoms with Gasteiger partial charge in [-0.3, -0.25) is 4.79 Å². The first-order chi connectivity index (χ1) is 17.5. The molecule has 0 saturated carbocycles. The average Bonchev–Trinajstić information content (AvgIpc) is 3.46. The summed E-state index contributed by atoms with van der Waals surface area (Å²) in [5, 5.41) is 0. The van der Waals surface area contributed by atoms with Crippen molar-refractivity contribution in [1.82, 2.24) is 9.55 Å². The molecule has 0 bridgehead atoms. The molecule has 0 aliphatic carbocycles. The van der Waals surface area contributed by atoms with Gasteiger partial charge in [-0.2, -0.15) is 0 Å². The zero-order chi connectivity index (χ0) is 25.1. The molecule has 1 unspecified atom stereocenters. The first kappa shape index (κ1) is 24.1. The predicted molar refractivity (Wildman–Crippen MR) is 146 cm³/mol. The number of unbranched alkanes of at least 4 members (excludes halogenated alkanes) is 1. The van der Waals surface area contributed by atoms with Crippen molar-refractivity contribution < 1.29 is 9.53 Å². The van der Waals surface area contributed by atoms with Crippen LogP contribution in [0.4, 0.5) is 5.69 Å². The highest BCUT2D eigenvalue weighted by Crippen LogP contribution is 2.33. The lowest BCUT2D eigenvalue weighted by atomic mass is 10.1. The Morgan fingerprint density at radius 2 is 1.69 bits per heavy atom.